The van der Waals surface area contributed by atoms with Gasteiger partial charge in [-0.05, 0) is 43.5 Å². The van der Waals surface area contributed by atoms with Gasteiger partial charge in [-0.3, -0.25) is 0 Å². The molecule has 1 aromatic heterocycles. The van der Waals surface area contributed by atoms with Crippen LogP contribution in [-0.2, 0) is 0 Å². The van der Waals surface area contributed by atoms with Crippen molar-refractivity contribution >= 4 is 22.5 Å². The maximum atomic E-state index is 6.29. The fourth-order valence-corrected chi connectivity index (χ4v) is 2.54. The van der Waals surface area contributed by atoms with E-state index in [0.29, 0.717) is 12.5 Å². The number of fused-ring (bicyclic) bond motifs is 1. The summed E-state index contributed by atoms with van der Waals surface area (Å²) in [4.78, 5) is 3.41. The van der Waals surface area contributed by atoms with Gasteiger partial charge in [-0.2, -0.15) is 0 Å². The zero-order chi connectivity index (χ0) is 11.9. The lowest BCUT2D eigenvalue weighted by Crippen LogP contribution is -2.09. The zero-order valence-corrected chi connectivity index (χ0v) is 10.7. The fourth-order valence-electron chi connectivity index (χ4n) is 2.28. The normalized spacial score (nSPS) is 13.3. The summed E-state index contributed by atoms with van der Waals surface area (Å²) in [5, 5.41) is 1.94. The molecule has 0 radical (unpaired) electrons. The van der Waals surface area contributed by atoms with Gasteiger partial charge in [0, 0.05) is 11.1 Å². The van der Waals surface area contributed by atoms with Gasteiger partial charge >= 0.3 is 0 Å². The molecular formula is C13H17ClN2. The summed E-state index contributed by atoms with van der Waals surface area (Å²) >= 11 is 6.29. The monoisotopic (exact) mass is 236 g/mol. The van der Waals surface area contributed by atoms with Crippen LogP contribution in [0.15, 0.2) is 12.1 Å². The molecule has 2 aromatic rings. The molecule has 3 N–H and O–H groups in total. The second-order valence-electron chi connectivity index (χ2n) is 4.41. The Kier molecular flexibility index (Phi) is 2.96. The third-order valence-electron chi connectivity index (χ3n) is 3.20. The number of halogens is 1. The largest absolute Gasteiger partial charge is 0.358 e. The number of aromatic amines is 1. The van der Waals surface area contributed by atoms with Crippen molar-refractivity contribution in [2.75, 3.05) is 6.54 Å². The highest BCUT2D eigenvalue weighted by molar-refractivity contribution is 6.36. The Hall–Kier alpha value is -0.990. The van der Waals surface area contributed by atoms with Crippen molar-refractivity contribution in [3.05, 3.63) is 34.0 Å². The first kappa shape index (κ1) is 11.5. The van der Waals surface area contributed by atoms with Crippen molar-refractivity contribution in [3.63, 3.8) is 0 Å². The summed E-state index contributed by atoms with van der Waals surface area (Å²) in [6.45, 7) is 6.94. The number of hydrogen-bond acceptors (Lipinski definition) is 1. The molecule has 16 heavy (non-hydrogen) atoms. The van der Waals surface area contributed by atoms with Crippen molar-refractivity contribution in [3.8, 4) is 0 Å². The van der Waals surface area contributed by atoms with Gasteiger partial charge in [0.25, 0.3) is 0 Å². The Morgan fingerprint density at radius 3 is 2.69 bits per heavy atom. The topological polar surface area (TPSA) is 41.8 Å². The molecule has 0 spiro atoms. The molecule has 86 valence electrons. The van der Waals surface area contributed by atoms with Crippen LogP contribution >= 0.6 is 11.6 Å². The summed E-state index contributed by atoms with van der Waals surface area (Å²) in [6, 6.07) is 4.00. The van der Waals surface area contributed by atoms with Gasteiger partial charge in [0.1, 0.15) is 0 Å². The van der Waals surface area contributed by atoms with Gasteiger partial charge in [0.05, 0.1) is 10.5 Å². The predicted octanol–water partition coefficient (Wildman–Crippen LogP) is 3.50. The third-order valence-corrected chi connectivity index (χ3v) is 3.51. The Labute approximate surface area is 101 Å². The minimum absolute atomic E-state index is 0.327. The summed E-state index contributed by atoms with van der Waals surface area (Å²) in [5.74, 6) is 0.327. The average molecular weight is 237 g/mol. The number of nitrogens with two attached hydrogens (primary N) is 1. The van der Waals surface area contributed by atoms with Crippen LogP contribution in [0, 0.1) is 13.8 Å². The minimum atomic E-state index is 0.327. The third kappa shape index (κ3) is 1.62. The molecule has 2 nitrogen and oxygen atoms in total. The van der Waals surface area contributed by atoms with E-state index in [0.717, 1.165) is 15.9 Å². The minimum Gasteiger partial charge on any atom is -0.358 e. The number of aryl methyl sites for hydroxylation is 2. The maximum Gasteiger partial charge on any atom is 0.0503 e. The van der Waals surface area contributed by atoms with E-state index in [2.05, 4.69) is 25.8 Å². The molecule has 0 fully saturated rings. The van der Waals surface area contributed by atoms with E-state index in [4.69, 9.17) is 17.3 Å². The Balaban J connectivity index is 2.83. The number of nitrogens with one attached hydrogen (secondary N) is 1. The van der Waals surface area contributed by atoms with E-state index in [1.54, 1.807) is 0 Å². The first-order valence-corrected chi connectivity index (χ1v) is 5.91. The van der Waals surface area contributed by atoms with Gasteiger partial charge in [0.15, 0.2) is 0 Å². The quantitative estimate of drug-likeness (QED) is 0.824. The second kappa shape index (κ2) is 4.11. The molecule has 1 aromatic carbocycles. The van der Waals surface area contributed by atoms with Crippen molar-refractivity contribution in [1.82, 2.24) is 4.98 Å². The summed E-state index contributed by atoms with van der Waals surface area (Å²) in [5.41, 5.74) is 10.5. The van der Waals surface area contributed by atoms with Crippen LogP contribution in [0.4, 0.5) is 0 Å². The maximum absolute atomic E-state index is 6.29. The van der Waals surface area contributed by atoms with Crippen LogP contribution in [0.2, 0.25) is 5.02 Å². The number of aromatic nitrogens is 1. The molecule has 2 rings (SSSR count). The molecule has 0 bridgehead atoms. The Morgan fingerprint density at radius 2 is 2.06 bits per heavy atom. The lowest BCUT2D eigenvalue weighted by Gasteiger charge is -2.10. The predicted molar refractivity (Wildman–Crippen MR) is 70.3 cm³/mol. The van der Waals surface area contributed by atoms with Gasteiger partial charge in [-0.15, -0.1) is 0 Å². The van der Waals surface area contributed by atoms with E-state index in [-0.39, 0.29) is 0 Å². The average Bonchev–Trinajstić information content (AvgIpc) is 2.61. The lowest BCUT2D eigenvalue weighted by atomic mass is 9.97. The van der Waals surface area contributed by atoms with Crippen molar-refractivity contribution in [1.29, 1.82) is 0 Å². The first-order chi connectivity index (χ1) is 7.56. The molecule has 0 aliphatic rings. The van der Waals surface area contributed by atoms with Crippen LogP contribution < -0.4 is 5.73 Å². The van der Waals surface area contributed by atoms with Gasteiger partial charge in [-0.1, -0.05) is 24.6 Å². The van der Waals surface area contributed by atoms with Crippen LogP contribution in [0.25, 0.3) is 10.9 Å². The molecule has 0 saturated carbocycles. The van der Waals surface area contributed by atoms with Gasteiger partial charge < -0.3 is 10.7 Å². The molecule has 1 atom stereocenters. The number of rotatable bonds is 2. The SMILES string of the molecule is Cc1[nH]c2c(C)ccc(Cl)c2c1C(C)CN. The summed E-state index contributed by atoms with van der Waals surface area (Å²) in [7, 11) is 0. The van der Waals surface area contributed by atoms with Crippen molar-refractivity contribution < 1.29 is 0 Å². The second-order valence-corrected chi connectivity index (χ2v) is 4.82. The highest BCUT2D eigenvalue weighted by atomic mass is 35.5. The smallest absolute Gasteiger partial charge is 0.0503 e. The highest BCUT2D eigenvalue weighted by Gasteiger charge is 2.17. The van der Waals surface area contributed by atoms with Crippen LogP contribution in [-0.4, -0.2) is 11.5 Å². The lowest BCUT2D eigenvalue weighted by molar-refractivity contribution is 0.773. The van der Waals surface area contributed by atoms with E-state index in [1.807, 2.05) is 12.1 Å². The Morgan fingerprint density at radius 1 is 1.38 bits per heavy atom. The van der Waals surface area contributed by atoms with Gasteiger partial charge in [0.2, 0.25) is 0 Å². The van der Waals surface area contributed by atoms with E-state index < -0.39 is 0 Å². The molecule has 3 heteroatoms. The first-order valence-electron chi connectivity index (χ1n) is 5.53. The molecule has 0 amide bonds. The standard InChI is InChI=1S/C13H17ClN2/c1-7-4-5-10(14)12-11(8(2)6-15)9(3)16-13(7)12/h4-5,8,16H,6,15H2,1-3H3. The molecule has 1 heterocycles. The molecular weight excluding hydrogens is 220 g/mol. The van der Waals surface area contributed by atoms with Crippen molar-refractivity contribution in [2.24, 2.45) is 5.73 Å². The van der Waals surface area contributed by atoms with Crippen LogP contribution in [0.1, 0.15) is 29.7 Å². The number of H-pyrrole nitrogens is 1. The van der Waals surface area contributed by atoms with E-state index in [1.165, 1.54) is 16.8 Å². The van der Waals surface area contributed by atoms with E-state index in [9.17, 15) is 0 Å². The zero-order valence-electron chi connectivity index (χ0n) is 9.89. The summed E-state index contributed by atoms with van der Waals surface area (Å²) < 4.78 is 0. The van der Waals surface area contributed by atoms with Crippen molar-refractivity contribution in [2.45, 2.75) is 26.7 Å². The molecule has 1 unspecified atom stereocenters. The van der Waals surface area contributed by atoms with Crippen LogP contribution in [0.3, 0.4) is 0 Å². The fraction of sp³-hybridized carbons (Fsp3) is 0.385. The number of benzene rings is 1. The van der Waals surface area contributed by atoms with Gasteiger partial charge in [-0.25, -0.2) is 0 Å². The number of hydrogen-bond donors (Lipinski definition) is 2. The van der Waals surface area contributed by atoms with Crippen LogP contribution in [0.5, 0.6) is 0 Å². The molecule has 0 aliphatic heterocycles. The Bertz CT molecular complexity index is 528. The highest BCUT2D eigenvalue weighted by Crippen LogP contribution is 2.35. The van der Waals surface area contributed by atoms with E-state index >= 15 is 0 Å². The summed E-state index contributed by atoms with van der Waals surface area (Å²) in [6.07, 6.45) is 0. The molecule has 0 aliphatic carbocycles. The molecule has 0 saturated heterocycles.